The molecule has 0 saturated carbocycles. The number of hydrogen-bond acceptors (Lipinski definition) is 8. The summed E-state index contributed by atoms with van der Waals surface area (Å²) in [7, 11) is 2.08. The van der Waals surface area contributed by atoms with Gasteiger partial charge in [-0.25, -0.2) is 9.37 Å². The number of ether oxygens (including phenoxy) is 2. The fourth-order valence-electron chi connectivity index (χ4n) is 6.50. The Morgan fingerprint density at radius 3 is 2.64 bits per heavy atom. The molecule has 1 N–H and O–H groups in total. The first-order valence-electron chi connectivity index (χ1n) is 14.2. The number of nitrogens with zero attached hydrogens (tertiary/aromatic N) is 5. The van der Waals surface area contributed by atoms with E-state index in [2.05, 4.69) is 37.3 Å². The molecular weight excluding hydrogens is 565 g/mol. The number of likely N-dealkylation sites (N-methyl/N-ethyl adjacent to an activating group) is 1. The number of anilines is 1. The Kier molecular flexibility index (Phi) is 7.31. The zero-order valence-electron chi connectivity index (χ0n) is 24.0. The Balaban J connectivity index is 1.49. The number of rotatable bonds is 5. The van der Waals surface area contributed by atoms with E-state index in [9.17, 15) is 14.7 Å². The fourth-order valence-corrected chi connectivity index (χ4v) is 6.78. The number of amides is 2. The summed E-state index contributed by atoms with van der Waals surface area (Å²) in [5, 5.41) is 10.6. The summed E-state index contributed by atoms with van der Waals surface area (Å²) in [6.45, 7) is 10.7. The molecule has 0 spiro atoms. The number of aromatic hydroxyl groups is 1. The zero-order valence-corrected chi connectivity index (χ0v) is 24.7. The molecule has 2 amide bonds. The van der Waals surface area contributed by atoms with Gasteiger partial charge in [-0.15, -0.1) is 0 Å². The van der Waals surface area contributed by atoms with Crippen LogP contribution in [0.15, 0.2) is 30.9 Å². The average Bonchev–Trinajstić information content (AvgIpc) is 3.17. The lowest BCUT2D eigenvalue weighted by molar-refractivity contribution is -0.128. The van der Waals surface area contributed by atoms with Crippen LogP contribution in [0.1, 0.15) is 30.6 Å². The van der Waals surface area contributed by atoms with Gasteiger partial charge in [0.05, 0.1) is 30.9 Å². The van der Waals surface area contributed by atoms with Gasteiger partial charge in [-0.05, 0) is 45.5 Å². The lowest BCUT2D eigenvalue weighted by Crippen LogP contribution is -2.57. The largest absolute Gasteiger partial charge is 0.507 e. The van der Waals surface area contributed by atoms with Crippen LogP contribution in [0, 0.1) is 5.82 Å². The standard InChI is InChI=1S/C30H35ClFN5O5/c1-5-22(39)35-9-10-36-18(12-35)16-42-27-24(29(36)40)28(33-26(25(27)31)23-20(32)7-6-8-21(23)38)37-13-17(11-30(37,2)3)34(4)19-14-41-15-19/h5-8,17-19,38H,1,9-16H2,2-4H3/t17-,18-/m1/s1. The number of benzene rings is 1. The molecule has 3 fully saturated rings. The van der Waals surface area contributed by atoms with Gasteiger partial charge < -0.3 is 29.3 Å². The molecule has 6 rings (SSSR count). The summed E-state index contributed by atoms with van der Waals surface area (Å²) in [5.74, 6) is -1.13. The highest BCUT2D eigenvalue weighted by Gasteiger charge is 2.47. The van der Waals surface area contributed by atoms with Crippen molar-refractivity contribution in [2.75, 3.05) is 57.9 Å². The summed E-state index contributed by atoms with van der Waals surface area (Å²) < 4.78 is 26.9. The second kappa shape index (κ2) is 10.7. The Morgan fingerprint density at radius 2 is 1.98 bits per heavy atom. The van der Waals surface area contributed by atoms with Crippen molar-refractivity contribution < 1.29 is 28.6 Å². The second-order valence-electron chi connectivity index (χ2n) is 12.0. The maximum atomic E-state index is 15.2. The van der Waals surface area contributed by atoms with Crippen LogP contribution >= 0.6 is 11.6 Å². The number of carbonyl (C=O) groups is 2. The zero-order chi connectivity index (χ0) is 29.9. The number of fused-ring (bicyclic) bond motifs is 2. The van der Waals surface area contributed by atoms with Crippen LogP contribution in [0.3, 0.4) is 0 Å². The third-order valence-corrected chi connectivity index (χ3v) is 9.41. The first-order valence-corrected chi connectivity index (χ1v) is 14.5. The van der Waals surface area contributed by atoms with Crippen molar-refractivity contribution in [3.05, 3.63) is 47.3 Å². The first kappa shape index (κ1) is 28.7. The molecule has 10 nitrogen and oxygen atoms in total. The van der Waals surface area contributed by atoms with Crippen LogP contribution in [0.5, 0.6) is 11.5 Å². The molecule has 4 aliphatic rings. The van der Waals surface area contributed by atoms with Gasteiger partial charge in [-0.1, -0.05) is 24.2 Å². The number of pyridine rings is 1. The van der Waals surface area contributed by atoms with Crippen LogP contribution in [0.4, 0.5) is 10.2 Å². The maximum absolute atomic E-state index is 15.2. The van der Waals surface area contributed by atoms with Gasteiger partial charge in [0.25, 0.3) is 5.91 Å². The summed E-state index contributed by atoms with van der Waals surface area (Å²) in [6, 6.07) is 4.02. The van der Waals surface area contributed by atoms with E-state index in [0.29, 0.717) is 44.7 Å². The molecule has 42 heavy (non-hydrogen) atoms. The smallest absolute Gasteiger partial charge is 0.261 e. The number of piperazine rings is 1. The SMILES string of the molecule is C=CC(=O)N1CCN2C(=O)c3c(N4C[C@H](N(C)C5COC5)CC4(C)C)nc(-c4c(O)cccc4F)c(Cl)c3OC[C@H]2C1. The monoisotopic (exact) mass is 599 g/mol. The molecule has 1 aromatic carbocycles. The second-order valence-corrected chi connectivity index (χ2v) is 12.4. The normalized spacial score (nSPS) is 23.7. The Hall–Kier alpha value is -3.41. The van der Waals surface area contributed by atoms with Crippen molar-refractivity contribution in [2.24, 2.45) is 0 Å². The van der Waals surface area contributed by atoms with Gasteiger partial charge in [0.15, 0.2) is 5.75 Å². The minimum Gasteiger partial charge on any atom is -0.507 e. The molecule has 0 radical (unpaired) electrons. The van der Waals surface area contributed by atoms with Crippen molar-refractivity contribution in [3.63, 3.8) is 0 Å². The van der Waals surface area contributed by atoms with Crippen LogP contribution in [0.2, 0.25) is 5.02 Å². The lowest BCUT2D eigenvalue weighted by atomic mass is 9.98. The van der Waals surface area contributed by atoms with E-state index in [1.165, 1.54) is 24.3 Å². The average molecular weight is 600 g/mol. The van der Waals surface area contributed by atoms with E-state index < -0.39 is 17.4 Å². The Bertz CT molecular complexity index is 1430. The van der Waals surface area contributed by atoms with E-state index in [1.807, 2.05) is 0 Å². The molecule has 5 heterocycles. The number of aromatic nitrogens is 1. The third kappa shape index (κ3) is 4.67. The lowest BCUT2D eigenvalue weighted by Gasteiger charge is -2.40. The maximum Gasteiger partial charge on any atom is 0.261 e. The predicted molar refractivity (Wildman–Crippen MR) is 156 cm³/mol. The Morgan fingerprint density at radius 1 is 1.21 bits per heavy atom. The van der Waals surface area contributed by atoms with Crippen LogP contribution < -0.4 is 9.64 Å². The van der Waals surface area contributed by atoms with Gasteiger partial charge in [0.2, 0.25) is 5.91 Å². The number of phenols is 1. The minimum atomic E-state index is -0.700. The highest BCUT2D eigenvalue weighted by atomic mass is 35.5. The van der Waals surface area contributed by atoms with E-state index >= 15 is 4.39 Å². The molecule has 0 aliphatic carbocycles. The van der Waals surface area contributed by atoms with E-state index in [4.69, 9.17) is 26.1 Å². The van der Waals surface area contributed by atoms with E-state index in [-0.39, 0.29) is 64.4 Å². The van der Waals surface area contributed by atoms with Crippen LogP contribution in [0.25, 0.3) is 11.3 Å². The summed E-state index contributed by atoms with van der Waals surface area (Å²) in [4.78, 5) is 39.3. The molecule has 2 aromatic rings. The van der Waals surface area contributed by atoms with Gasteiger partial charge >= 0.3 is 0 Å². The highest BCUT2D eigenvalue weighted by Crippen LogP contribution is 2.48. The van der Waals surface area contributed by atoms with Gasteiger partial charge in [0.1, 0.15) is 40.3 Å². The van der Waals surface area contributed by atoms with Crippen LogP contribution in [-0.2, 0) is 9.53 Å². The van der Waals surface area contributed by atoms with Crippen molar-refractivity contribution >= 4 is 29.2 Å². The third-order valence-electron chi connectivity index (χ3n) is 9.06. The van der Waals surface area contributed by atoms with E-state index in [1.54, 1.807) is 9.80 Å². The van der Waals surface area contributed by atoms with Crippen LogP contribution in [-0.4, -0.2) is 113 Å². The van der Waals surface area contributed by atoms with Crippen molar-refractivity contribution in [1.82, 2.24) is 19.7 Å². The topological polar surface area (TPSA) is 98.7 Å². The summed E-state index contributed by atoms with van der Waals surface area (Å²) in [6.07, 6.45) is 2.05. The molecule has 0 unspecified atom stereocenters. The predicted octanol–water partition coefficient (Wildman–Crippen LogP) is 3.17. The number of carbonyl (C=O) groups excluding carboxylic acids is 2. The number of halogens is 2. The molecule has 3 saturated heterocycles. The van der Waals surface area contributed by atoms with E-state index in [0.717, 1.165) is 6.42 Å². The van der Waals surface area contributed by atoms with Gasteiger partial charge in [0, 0.05) is 37.8 Å². The fraction of sp³-hybridized carbons (Fsp3) is 0.500. The quantitative estimate of drug-likeness (QED) is 0.524. The van der Waals surface area contributed by atoms with Gasteiger partial charge in [-0.3, -0.25) is 14.5 Å². The Labute approximate surface area is 249 Å². The number of hydrogen-bond donors (Lipinski definition) is 1. The molecule has 12 heteroatoms. The van der Waals surface area contributed by atoms with Gasteiger partial charge in [-0.2, -0.15) is 0 Å². The number of phenolic OH excluding ortho intramolecular Hbond substituents is 1. The molecule has 1 aromatic heterocycles. The van der Waals surface area contributed by atoms with Crippen molar-refractivity contribution in [2.45, 2.75) is 43.9 Å². The first-order chi connectivity index (χ1) is 20.0. The molecule has 0 bridgehead atoms. The molecule has 2 atom stereocenters. The highest BCUT2D eigenvalue weighted by molar-refractivity contribution is 6.35. The van der Waals surface area contributed by atoms with Crippen molar-refractivity contribution in [3.8, 4) is 22.8 Å². The molecule has 4 aliphatic heterocycles. The minimum absolute atomic E-state index is 0.00264. The summed E-state index contributed by atoms with van der Waals surface area (Å²) >= 11 is 6.88. The molecule has 224 valence electrons. The summed E-state index contributed by atoms with van der Waals surface area (Å²) in [5.41, 5.74) is -0.399. The molecular formula is C30H35ClFN5O5. The van der Waals surface area contributed by atoms with Crippen molar-refractivity contribution in [1.29, 1.82) is 0 Å².